The van der Waals surface area contributed by atoms with Crippen LogP contribution in [0.5, 0.6) is 23.0 Å². The predicted octanol–water partition coefficient (Wildman–Crippen LogP) is 5.46. The van der Waals surface area contributed by atoms with Gasteiger partial charge in [-0.25, -0.2) is 4.79 Å². The maximum atomic E-state index is 11.2. The zero-order valence-corrected chi connectivity index (χ0v) is 18.8. The molecule has 170 valence electrons. The standard InChI is InChI=1S/C26H23ClO6/c1-29-26(28)11-6-18-4-9-22(10-5-18)32-17-20-14-24-25(31-13-12-30-24)15-23(20)33-16-19-2-7-21(27)8-3-19/h2-11,14-15H,12-13,16-17H2,1H3/b11-6+. The molecular formula is C26H23ClO6. The Labute approximate surface area is 197 Å². The Hall–Kier alpha value is -3.64. The highest BCUT2D eigenvalue weighted by molar-refractivity contribution is 6.30. The quantitative estimate of drug-likeness (QED) is 0.324. The van der Waals surface area contributed by atoms with Gasteiger partial charge in [0.1, 0.15) is 37.9 Å². The fourth-order valence-corrected chi connectivity index (χ4v) is 3.30. The molecular weight excluding hydrogens is 444 g/mol. The van der Waals surface area contributed by atoms with Crippen molar-refractivity contribution in [3.8, 4) is 23.0 Å². The van der Waals surface area contributed by atoms with Crippen LogP contribution in [0.15, 0.2) is 66.7 Å². The van der Waals surface area contributed by atoms with E-state index in [1.807, 2.05) is 60.7 Å². The first kappa shape index (κ1) is 22.6. The van der Waals surface area contributed by atoms with E-state index in [0.717, 1.165) is 16.7 Å². The number of carbonyl (C=O) groups excluding carboxylic acids is 1. The summed E-state index contributed by atoms with van der Waals surface area (Å²) in [4.78, 5) is 11.2. The van der Waals surface area contributed by atoms with Crippen LogP contribution in [-0.2, 0) is 22.7 Å². The first-order chi connectivity index (χ1) is 16.1. The number of hydrogen-bond donors (Lipinski definition) is 0. The van der Waals surface area contributed by atoms with Crippen molar-refractivity contribution in [2.24, 2.45) is 0 Å². The smallest absolute Gasteiger partial charge is 0.330 e. The van der Waals surface area contributed by atoms with Gasteiger partial charge in [-0.05, 0) is 47.5 Å². The zero-order valence-electron chi connectivity index (χ0n) is 18.1. The van der Waals surface area contributed by atoms with Gasteiger partial charge in [-0.2, -0.15) is 0 Å². The molecule has 0 saturated carbocycles. The third-order valence-corrected chi connectivity index (χ3v) is 5.17. The molecule has 7 heteroatoms. The highest BCUT2D eigenvalue weighted by Crippen LogP contribution is 2.37. The summed E-state index contributed by atoms with van der Waals surface area (Å²) >= 11 is 5.97. The second-order valence-electron chi connectivity index (χ2n) is 7.23. The topological polar surface area (TPSA) is 63.2 Å². The Morgan fingerprint density at radius 1 is 0.939 bits per heavy atom. The van der Waals surface area contributed by atoms with Crippen molar-refractivity contribution in [2.75, 3.05) is 20.3 Å². The van der Waals surface area contributed by atoms with Crippen molar-refractivity contribution in [3.05, 3.63) is 88.5 Å². The van der Waals surface area contributed by atoms with Crippen molar-refractivity contribution < 1.29 is 28.5 Å². The monoisotopic (exact) mass is 466 g/mol. The average molecular weight is 467 g/mol. The molecule has 0 spiro atoms. The molecule has 3 aromatic rings. The SMILES string of the molecule is COC(=O)/C=C/c1ccc(OCc2cc3c(cc2OCc2ccc(Cl)cc2)OCCO3)cc1. The lowest BCUT2D eigenvalue weighted by molar-refractivity contribution is -0.134. The van der Waals surface area contributed by atoms with Gasteiger partial charge in [-0.15, -0.1) is 0 Å². The minimum absolute atomic E-state index is 0.282. The van der Waals surface area contributed by atoms with E-state index in [9.17, 15) is 4.79 Å². The summed E-state index contributed by atoms with van der Waals surface area (Å²) in [7, 11) is 1.34. The Morgan fingerprint density at radius 3 is 2.33 bits per heavy atom. The third-order valence-electron chi connectivity index (χ3n) is 4.92. The molecule has 0 aromatic heterocycles. The van der Waals surface area contributed by atoms with E-state index in [-0.39, 0.29) is 6.61 Å². The first-order valence-electron chi connectivity index (χ1n) is 10.4. The van der Waals surface area contributed by atoms with Crippen molar-refractivity contribution in [2.45, 2.75) is 13.2 Å². The van der Waals surface area contributed by atoms with Gasteiger partial charge in [0.05, 0.1) is 7.11 Å². The molecule has 1 aliphatic rings. The maximum Gasteiger partial charge on any atom is 0.330 e. The fourth-order valence-electron chi connectivity index (χ4n) is 3.17. The van der Waals surface area contributed by atoms with E-state index in [1.165, 1.54) is 13.2 Å². The summed E-state index contributed by atoms with van der Waals surface area (Å²) in [6.07, 6.45) is 3.05. The molecule has 0 unspecified atom stereocenters. The summed E-state index contributed by atoms with van der Waals surface area (Å²) < 4.78 is 28.1. The Balaban J connectivity index is 1.47. The van der Waals surface area contributed by atoms with E-state index >= 15 is 0 Å². The molecule has 0 bridgehead atoms. The largest absolute Gasteiger partial charge is 0.489 e. The normalized spacial score (nSPS) is 12.4. The molecule has 4 rings (SSSR count). The van der Waals surface area contributed by atoms with Gasteiger partial charge < -0.3 is 23.7 Å². The minimum Gasteiger partial charge on any atom is -0.489 e. The van der Waals surface area contributed by atoms with Crippen LogP contribution < -0.4 is 18.9 Å². The molecule has 0 N–H and O–H groups in total. The highest BCUT2D eigenvalue weighted by atomic mass is 35.5. The summed E-state index contributed by atoms with van der Waals surface area (Å²) in [5.74, 6) is 2.26. The Morgan fingerprint density at radius 2 is 1.64 bits per heavy atom. The lowest BCUT2D eigenvalue weighted by Crippen LogP contribution is -2.16. The second-order valence-corrected chi connectivity index (χ2v) is 7.67. The van der Waals surface area contributed by atoms with Crippen LogP contribution in [0.4, 0.5) is 0 Å². The molecule has 0 saturated heterocycles. The van der Waals surface area contributed by atoms with Gasteiger partial charge in [0.25, 0.3) is 0 Å². The van der Waals surface area contributed by atoms with Crippen molar-refractivity contribution in [3.63, 3.8) is 0 Å². The van der Waals surface area contributed by atoms with Crippen molar-refractivity contribution in [1.29, 1.82) is 0 Å². The molecule has 0 radical (unpaired) electrons. The summed E-state index contributed by atoms with van der Waals surface area (Å²) in [6.45, 7) is 1.66. The van der Waals surface area contributed by atoms with Crippen LogP contribution in [0.1, 0.15) is 16.7 Å². The van der Waals surface area contributed by atoms with Gasteiger partial charge in [0.2, 0.25) is 0 Å². The summed E-state index contributed by atoms with van der Waals surface area (Å²) in [5.41, 5.74) is 2.69. The van der Waals surface area contributed by atoms with E-state index in [4.69, 9.17) is 30.5 Å². The van der Waals surface area contributed by atoms with Crippen LogP contribution in [0.3, 0.4) is 0 Å². The number of hydrogen-bond acceptors (Lipinski definition) is 6. The van der Waals surface area contributed by atoms with Crippen LogP contribution in [-0.4, -0.2) is 26.3 Å². The number of halogens is 1. The molecule has 0 aliphatic carbocycles. The predicted molar refractivity (Wildman–Crippen MR) is 125 cm³/mol. The van der Waals surface area contributed by atoms with Crippen molar-refractivity contribution >= 4 is 23.6 Å². The summed E-state index contributed by atoms with van der Waals surface area (Å²) in [6, 6.07) is 18.6. The molecule has 1 heterocycles. The average Bonchev–Trinajstić information content (AvgIpc) is 2.86. The van der Waals surface area contributed by atoms with Crippen LogP contribution in [0.25, 0.3) is 6.08 Å². The second kappa shape index (κ2) is 10.8. The van der Waals surface area contributed by atoms with E-state index in [0.29, 0.717) is 47.8 Å². The van der Waals surface area contributed by atoms with Gasteiger partial charge in [0, 0.05) is 22.7 Å². The minimum atomic E-state index is -0.403. The number of benzene rings is 3. The fraction of sp³-hybridized carbons (Fsp3) is 0.192. The Bertz CT molecular complexity index is 1120. The molecule has 6 nitrogen and oxygen atoms in total. The number of fused-ring (bicyclic) bond motifs is 1. The maximum absolute atomic E-state index is 11.2. The highest BCUT2D eigenvalue weighted by Gasteiger charge is 2.17. The number of esters is 1. The third kappa shape index (κ3) is 6.20. The first-order valence-corrected chi connectivity index (χ1v) is 10.8. The lowest BCUT2D eigenvalue weighted by atomic mass is 10.1. The molecule has 1 aliphatic heterocycles. The van der Waals surface area contributed by atoms with E-state index in [2.05, 4.69) is 4.74 Å². The molecule has 0 amide bonds. The number of ether oxygens (including phenoxy) is 5. The molecule has 0 fully saturated rings. The number of carbonyl (C=O) groups is 1. The molecule has 3 aromatic carbocycles. The zero-order chi connectivity index (χ0) is 23.0. The van der Waals surface area contributed by atoms with Crippen LogP contribution >= 0.6 is 11.6 Å². The van der Waals surface area contributed by atoms with Gasteiger partial charge in [-0.3, -0.25) is 0 Å². The van der Waals surface area contributed by atoms with E-state index < -0.39 is 5.97 Å². The van der Waals surface area contributed by atoms with Crippen LogP contribution in [0, 0.1) is 0 Å². The summed E-state index contributed by atoms with van der Waals surface area (Å²) in [5, 5.41) is 0.680. The van der Waals surface area contributed by atoms with E-state index in [1.54, 1.807) is 6.08 Å². The number of rotatable bonds is 8. The number of methoxy groups -OCH3 is 1. The van der Waals surface area contributed by atoms with Crippen LogP contribution in [0.2, 0.25) is 5.02 Å². The van der Waals surface area contributed by atoms with Gasteiger partial charge in [0.15, 0.2) is 11.5 Å². The lowest BCUT2D eigenvalue weighted by Gasteiger charge is -2.21. The Kier molecular flexibility index (Phi) is 7.37. The molecule has 0 atom stereocenters. The van der Waals surface area contributed by atoms with Gasteiger partial charge in [-0.1, -0.05) is 35.9 Å². The van der Waals surface area contributed by atoms with Crippen molar-refractivity contribution in [1.82, 2.24) is 0 Å². The van der Waals surface area contributed by atoms with Gasteiger partial charge >= 0.3 is 5.97 Å². The molecule has 33 heavy (non-hydrogen) atoms.